The van der Waals surface area contributed by atoms with Crippen LogP contribution in [0.5, 0.6) is 5.75 Å². The highest BCUT2D eigenvalue weighted by Gasteiger charge is 2.25. The van der Waals surface area contributed by atoms with Crippen LogP contribution in [0.3, 0.4) is 0 Å². The van der Waals surface area contributed by atoms with Gasteiger partial charge in [-0.05, 0) is 31.4 Å². The zero-order valence-corrected chi connectivity index (χ0v) is 12.8. The Balaban J connectivity index is 1.52. The number of carbonyl (C=O) groups is 1. The maximum absolute atomic E-state index is 12.2. The molecule has 21 heavy (non-hydrogen) atoms. The molecule has 1 atom stereocenters. The first kappa shape index (κ1) is 14.1. The monoisotopic (exact) mass is 302 g/mol. The van der Waals surface area contributed by atoms with E-state index < -0.39 is 0 Å². The Bertz CT molecular complexity index is 639. The number of hydrogen-bond acceptors (Lipinski definition) is 4. The minimum absolute atomic E-state index is 0.0216. The van der Waals surface area contributed by atoms with Gasteiger partial charge in [0.25, 0.3) is 5.91 Å². The molecule has 0 saturated heterocycles. The van der Waals surface area contributed by atoms with Crippen LogP contribution in [-0.2, 0) is 17.6 Å². The highest BCUT2D eigenvalue weighted by Crippen LogP contribution is 2.27. The zero-order valence-electron chi connectivity index (χ0n) is 12.0. The Morgan fingerprint density at radius 1 is 1.48 bits per heavy atom. The number of amides is 1. The van der Waals surface area contributed by atoms with Crippen molar-refractivity contribution < 1.29 is 9.53 Å². The molecule has 3 rings (SSSR count). The molecule has 1 aliphatic rings. The highest BCUT2D eigenvalue weighted by molar-refractivity contribution is 7.09. The summed E-state index contributed by atoms with van der Waals surface area (Å²) in [5.74, 6) is 0.814. The van der Waals surface area contributed by atoms with Gasteiger partial charge in [0, 0.05) is 17.8 Å². The molecule has 0 saturated carbocycles. The smallest absolute Gasteiger partial charge is 0.261 e. The van der Waals surface area contributed by atoms with Crippen molar-refractivity contribution in [2.75, 3.05) is 6.54 Å². The van der Waals surface area contributed by atoms with E-state index in [4.69, 9.17) is 4.74 Å². The zero-order chi connectivity index (χ0) is 14.7. The molecule has 1 amide bonds. The van der Waals surface area contributed by atoms with Gasteiger partial charge in [0.15, 0.2) is 6.10 Å². The Morgan fingerprint density at radius 3 is 3.14 bits per heavy atom. The summed E-state index contributed by atoms with van der Waals surface area (Å²) >= 11 is 1.63. The Hall–Kier alpha value is -1.88. The van der Waals surface area contributed by atoms with Crippen LogP contribution in [0.4, 0.5) is 0 Å². The predicted molar refractivity (Wildman–Crippen MR) is 82.7 cm³/mol. The fourth-order valence-electron chi connectivity index (χ4n) is 2.49. The van der Waals surface area contributed by atoms with E-state index in [1.165, 1.54) is 10.4 Å². The summed E-state index contributed by atoms with van der Waals surface area (Å²) in [6.45, 7) is 2.62. The highest BCUT2D eigenvalue weighted by atomic mass is 32.1. The molecule has 4 nitrogen and oxygen atoms in total. The normalized spacial score (nSPS) is 16.9. The van der Waals surface area contributed by atoms with Crippen molar-refractivity contribution in [1.29, 1.82) is 0 Å². The fourth-order valence-corrected chi connectivity index (χ4v) is 3.27. The molecule has 2 heterocycles. The lowest BCUT2D eigenvalue weighted by Crippen LogP contribution is -2.41. The van der Waals surface area contributed by atoms with Crippen molar-refractivity contribution in [3.63, 3.8) is 0 Å². The Morgan fingerprint density at radius 2 is 2.33 bits per heavy atom. The molecule has 0 spiro atoms. The largest absolute Gasteiger partial charge is 0.480 e. The van der Waals surface area contributed by atoms with E-state index in [1.807, 2.05) is 30.6 Å². The number of para-hydroxylation sites is 1. The number of carbonyl (C=O) groups excluding carboxylic acids is 1. The first-order chi connectivity index (χ1) is 10.2. The van der Waals surface area contributed by atoms with Gasteiger partial charge in [0.05, 0.1) is 11.2 Å². The molecule has 1 aliphatic heterocycles. The third-order valence-corrected chi connectivity index (χ3v) is 4.70. The van der Waals surface area contributed by atoms with Crippen LogP contribution in [-0.4, -0.2) is 23.5 Å². The molecule has 0 fully saturated rings. The fraction of sp³-hybridized carbons (Fsp3) is 0.375. The molecule has 0 radical (unpaired) electrons. The minimum atomic E-state index is -0.373. The summed E-state index contributed by atoms with van der Waals surface area (Å²) < 4.78 is 5.78. The van der Waals surface area contributed by atoms with Crippen LogP contribution in [0.2, 0.25) is 0 Å². The molecule has 2 aromatic rings. The Labute approximate surface area is 128 Å². The summed E-state index contributed by atoms with van der Waals surface area (Å²) in [4.78, 5) is 17.6. The molecule has 5 heteroatoms. The van der Waals surface area contributed by atoms with Crippen molar-refractivity contribution in [2.45, 2.75) is 32.3 Å². The second kappa shape index (κ2) is 6.26. The molecule has 1 N–H and O–H groups in total. The van der Waals surface area contributed by atoms with Crippen molar-refractivity contribution in [3.05, 3.63) is 45.9 Å². The van der Waals surface area contributed by atoms with Gasteiger partial charge in [0.1, 0.15) is 5.75 Å². The molecule has 0 bridgehead atoms. The van der Waals surface area contributed by atoms with E-state index in [1.54, 1.807) is 11.3 Å². The van der Waals surface area contributed by atoms with Crippen LogP contribution >= 0.6 is 11.3 Å². The van der Waals surface area contributed by atoms with Crippen LogP contribution in [0.25, 0.3) is 0 Å². The minimum Gasteiger partial charge on any atom is -0.480 e. The second-order valence-corrected chi connectivity index (χ2v) is 6.09. The van der Waals surface area contributed by atoms with Gasteiger partial charge in [0.2, 0.25) is 0 Å². The van der Waals surface area contributed by atoms with Crippen LogP contribution < -0.4 is 10.1 Å². The van der Waals surface area contributed by atoms with Gasteiger partial charge in [-0.15, -0.1) is 11.3 Å². The third-order valence-electron chi connectivity index (χ3n) is 3.71. The van der Waals surface area contributed by atoms with Crippen LogP contribution in [0.1, 0.15) is 22.6 Å². The quantitative estimate of drug-likeness (QED) is 0.944. The summed E-state index contributed by atoms with van der Waals surface area (Å²) in [7, 11) is 0. The summed E-state index contributed by atoms with van der Waals surface area (Å²) in [6.07, 6.45) is 2.08. The van der Waals surface area contributed by atoms with Gasteiger partial charge in [-0.3, -0.25) is 4.79 Å². The van der Waals surface area contributed by atoms with Gasteiger partial charge >= 0.3 is 0 Å². The molecule has 0 unspecified atom stereocenters. The lowest BCUT2D eigenvalue weighted by molar-refractivity contribution is -0.128. The number of fused-ring (bicyclic) bond motifs is 1. The summed E-state index contributed by atoms with van der Waals surface area (Å²) in [5, 5.41) is 2.96. The van der Waals surface area contributed by atoms with Crippen LogP contribution in [0, 0.1) is 6.92 Å². The van der Waals surface area contributed by atoms with Gasteiger partial charge < -0.3 is 10.1 Å². The topological polar surface area (TPSA) is 51.2 Å². The molecular formula is C16H18N2O2S. The maximum atomic E-state index is 12.2. The number of ether oxygens (including phenoxy) is 1. The summed E-state index contributed by atoms with van der Waals surface area (Å²) in [5.41, 5.74) is 4.08. The van der Waals surface area contributed by atoms with Gasteiger partial charge in [-0.2, -0.15) is 0 Å². The van der Waals surface area contributed by atoms with Crippen molar-refractivity contribution in [1.82, 2.24) is 10.3 Å². The number of aromatic nitrogens is 1. The van der Waals surface area contributed by atoms with Gasteiger partial charge in [-0.25, -0.2) is 4.98 Å². The van der Waals surface area contributed by atoms with E-state index in [-0.39, 0.29) is 12.0 Å². The average Bonchev–Trinajstić information content (AvgIpc) is 2.92. The van der Waals surface area contributed by atoms with E-state index in [2.05, 4.69) is 16.4 Å². The van der Waals surface area contributed by atoms with Gasteiger partial charge in [-0.1, -0.05) is 18.2 Å². The van der Waals surface area contributed by atoms with Crippen LogP contribution in [0.15, 0.2) is 29.8 Å². The van der Waals surface area contributed by atoms with E-state index in [0.717, 1.165) is 30.7 Å². The number of thiazole rings is 1. The first-order valence-corrected chi connectivity index (χ1v) is 8.03. The SMILES string of the molecule is Cc1ncsc1CCNC(=O)[C@@H]1CCc2ccccc2O1. The number of hydrogen-bond donors (Lipinski definition) is 1. The second-order valence-electron chi connectivity index (χ2n) is 5.15. The number of aryl methyl sites for hydroxylation is 2. The number of rotatable bonds is 4. The van der Waals surface area contributed by atoms with Crippen molar-refractivity contribution >= 4 is 17.2 Å². The lowest BCUT2D eigenvalue weighted by atomic mass is 10.0. The Kier molecular flexibility index (Phi) is 4.20. The van der Waals surface area contributed by atoms with E-state index >= 15 is 0 Å². The van der Waals surface area contributed by atoms with E-state index in [0.29, 0.717) is 6.54 Å². The number of nitrogens with one attached hydrogen (secondary N) is 1. The average molecular weight is 302 g/mol. The third kappa shape index (κ3) is 3.24. The van der Waals surface area contributed by atoms with Crippen molar-refractivity contribution in [2.24, 2.45) is 0 Å². The lowest BCUT2D eigenvalue weighted by Gasteiger charge is -2.25. The maximum Gasteiger partial charge on any atom is 0.261 e. The number of nitrogens with zero attached hydrogens (tertiary/aromatic N) is 1. The summed E-state index contributed by atoms with van der Waals surface area (Å²) in [6, 6.07) is 7.91. The molecular weight excluding hydrogens is 284 g/mol. The first-order valence-electron chi connectivity index (χ1n) is 7.15. The predicted octanol–water partition coefficient (Wildman–Crippen LogP) is 2.50. The number of benzene rings is 1. The van der Waals surface area contributed by atoms with E-state index in [9.17, 15) is 4.79 Å². The molecule has 110 valence electrons. The molecule has 1 aromatic heterocycles. The molecule has 0 aliphatic carbocycles. The van der Waals surface area contributed by atoms with Crippen molar-refractivity contribution in [3.8, 4) is 5.75 Å². The molecule has 1 aromatic carbocycles. The standard InChI is InChI=1S/C16H18N2O2S/c1-11-15(21-10-18-11)8-9-17-16(19)14-7-6-12-4-2-3-5-13(12)20-14/h2-5,10,14H,6-9H2,1H3,(H,17,19)/t14-/m0/s1.